The van der Waals surface area contributed by atoms with Crippen LogP contribution in [0.25, 0.3) is 0 Å². The predicted octanol–water partition coefficient (Wildman–Crippen LogP) is 1.84. The van der Waals surface area contributed by atoms with Crippen LogP contribution < -0.4 is 0 Å². The average Bonchev–Trinajstić information content (AvgIpc) is 2.76. The van der Waals surface area contributed by atoms with E-state index in [9.17, 15) is 4.79 Å². The van der Waals surface area contributed by atoms with Crippen molar-refractivity contribution in [2.75, 3.05) is 13.1 Å². The topological polar surface area (TPSA) is 58.4 Å². The molecule has 0 bridgehead atoms. The lowest BCUT2D eigenvalue weighted by Crippen LogP contribution is -2.32. The van der Waals surface area contributed by atoms with Gasteiger partial charge in [0.1, 0.15) is 0 Å². The third-order valence-corrected chi connectivity index (χ3v) is 3.03. The number of aliphatic carboxylic acids is 1. The highest BCUT2D eigenvalue weighted by Gasteiger charge is 2.16. The Balaban J connectivity index is 2.61. The van der Waals surface area contributed by atoms with Gasteiger partial charge in [-0.2, -0.15) is 5.10 Å². The minimum atomic E-state index is -0.740. The van der Waals surface area contributed by atoms with Gasteiger partial charge in [0, 0.05) is 25.8 Å². The summed E-state index contributed by atoms with van der Waals surface area (Å²) in [5.74, 6) is -1.08. The number of nitrogens with zero attached hydrogens (tertiary/aromatic N) is 3. The molecule has 0 spiro atoms. The largest absolute Gasteiger partial charge is 0.481 e. The Morgan fingerprint density at radius 1 is 1.56 bits per heavy atom. The van der Waals surface area contributed by atoms with Crippen molar-refractivity contribution in [1.29, 1.82) is 0 Å². The fourth-order valence-corrected chi connectivity index (χ4v) is 1.91. The van der Waals surface area contributed by atoms with Crippen LogP contribution in [0.15, 0.2) is 12.3 Å². The smallest absolute Gasteiger partial charge is 0.307 e. The average molecular weight is 253 g/mol. The van der Waals surface area contributed by atoms with Crippen molar-refractivity contribution in [2.24, 2.45) is 5.92 Å². The van der Waals surface area contributed by atoms with Crippen molar-refractivity contribution < 1.29 is 9.90 Å². The van der Waals surface area contributed by atoms with Gasteiger partial charge in [0.25, 0.3) is 0 Å². The summed E-state index contributed by atoms with van der Waals surface area (Å²) in [5.41, 5.74) is 1.15. The molecule has 1 aromatic heterocycles. The molecule has 0 aliphatic heterocycles. The minimum Gasteiger partial charge on any atom is -0.481 e. The summed E-state index contributed by atoms with van der Waals surface area (Å²) in [4.78, 5) is 13.0. The van der Waals surface area contributed by atoms with Gasteiger partial charge in [-0.1, -0.05) is 20.8 Å². The molecule has 1 atom stereocenters. The van der Waals surface area contributed by atoms with Gasteiger partial charge in [0.05, 0.1) is 11.6 Å². The lowest BCUT2D eigenvalue weighted by Gasteiger charge is -2.22. The molecule has 5 nitrogen and oxygen atoms in total. The SMILES string of the molecule is CCCn1nccc1CN(CC)CC(C)C(=O)O. The van der Waals surface area contributed by atoms with E-state index in [0.717, 1.165) is 31.7 Å². The van der Waals surface area contributed by atoms with Crippen molar-refractivity contribution in [3.8, 4) is 0 Å². The molecule has 0 aliphatic carbocycles. The molecule has 18 heavy (non-hydrogen) atoms. The third-order valence-electron chi connectivity index (χ3n) is 3.03. The van der Waals surface area contributed by atoms with E-state index in [1.54, 1.807) is 13.1 Å². The first kappa shape index (κ1) is 14.7. The van der Waals surface area contributed by atoms with Gasteiger partial charge in [-0.25, -0.2) is 0 Å². The zero-order chi connectivity index (χ0) is 13.5. The summed E-state index contributed by atoms with van der Waals surface area (Å²) in [6.07, 6.45) is 2.85. The number of hydrogen-bond donors (Lipinski definition) is 1. The summed E-state index contributed by atoms with van der Waals surface area (Å²) in [6, 6.07) is 2.00. The molecule has 0 amide bonds. The number of aryl methyl sites for hydroxylation is 1. The summed E-state index contributed by atoms with van der Waals surface area (Å²) < 4.78 is 1.99. The summed E-state index contributed by atoms with van der Waals surface area (Å²) in [7, 11) is 0. The van der Waals surface area contributed by atoms with Gasteiger partial charge in [0.2, 0.25) is 0 Å². The molecule has 1 aromatic rings. The molecule has 1 rings (SSSR count). The second-order valence-corrected chi connectivity index (χ2v) is 4.61. The second kappa shape index (κ2) is 7.16. The lowest BCUT2D eigenvalue weighted by molar-refractivity contribution is -0.141. The number of aromatic nitrogens is 2. The van der Waals surface area contributed by atoms with E-state index in [-0.39, 0.29) is 5.92 Å². The van der Waals surface area contributed by atoms with Gasteiger partial charge in [-0.15, -0.1) is 0 Å². The van der Waals surface area contributed by atoms with E-state index in [4.69, 9.17) is 5.11 Å². The predicted molar refractivity (Wildman–Crippen MR) is 70.3 cm³/mol. The summed E-state index contributed by atoms with van der Waals surface area (Å²) in [6.45, 7) is 9.00. The van der Waals surface area contributed by atoms with Crippen LogP contribution in [0.4, 0.5) is 0 Å². The molecular formula is C13H23N3O2. The fraction of sp³-hybridized carbons (Fsp3) is 0.692. The maximum absolute atomic E-state index is 10.9. The van der Waals surface area contributed by atoms with Crippen LogP contribution in [0.2, 0.25) is 0 Å². The van der Waals surface area contributed by atoms with Crippen molar-refractivity contribution in [3.05, 3.63) is 18.0 Å². The van der Waals surface area contributed by atoms with E-state index in [1.165, 1.54) is 0 Å². The molecule has 0 aromatic carbocycles. The Labute approximate surface area is 108 Å². The van der Waals surface area contributed by atoms with Crippen LogP contribution in [0.3, 0.4) is 0 Å². The van der Waals surface area contributed by atoms with Crippen molar-refractivity contribution in [2.45, 2.75) is 40.3 Å². The Kier molecular flexibility index (Phi) is 5.85. The van der Waals surface area contributed by atoms with Crippen molar-refractivity contribution >= 4 is 5.97 Å². The fourth-order valence-electron chi connectivity index (χ4n) is 1.91. The summed E-state index contributed by atoms with van der Waals surface area (Å²) >= 11 is 0. The second-order valence-electron chi connectivity index (χ2n) is 4.61. The van der Waals surface area contributed by atoms with E-state index in [1.807, 2.05) is 10.7 Å². The van der Waals surface area contributed by atoms with Gasteiger partial charge >= 0.3 is 5.97 Å². The number of carbonyl (C=O) groups is 1. The first-order chi connectivity index (χ1) is 8.58. The molecular weight excluding hydrogens is 230 g/mol. The first-order valence-electron chi connectivity index (χ1n) is 6.54. The number of hydrogen-bond acceptors (Lipinski definition) is 3. The highest BCUT2D eigenvalue weighted by atomic mass is 16.4. The van der Waals surface area contributed by atoms with Crippen LogP contribution in [0.5, 0.6) is 0 Å². The molecule has 1 unspecified atom stereocenters. The van der Waals surface area contributed by atoms with Gasteiger partial charge < -0.3 is 5.11 Å². The van der Waals surface area contributed by atoms with Crippen molar-refractivity contribution in [3.63, 3.8) is 0 Å². The molecule has 5 heteroatoms. The third kappa shape index (κ3) is 4.14. The Morgan fingerprint density at radius 3 is 2.83 bits per heavy atom. The molecule has 102 valence electrons. The highest BCUT2D eigenvalue weighted by molar-refractivity contribution is 5.69. The van der Waals surface area contributed by atoms with E-state index >= 15 is 0 Å². The monoisotopic (exact) mass is 253 g/mol. The van der Waals surface area contributed by atoms with Crippen LogP contribution in [-0.4, -0.2) is 38.8 Å². The molecule has 0 saturated heterocycles. The van der Waals surface area contributed by atoms with E-state index in [2.05, 4.69) is 23.8 Å². The molecule has 0 aliphatic rings. The zero-order valence-corrected chi connectivity index (χ0v) is 11.5. The van der Waals surface area contributed by atoms with E-state index < -0.39 is 5.97 Å². The van der Waals surface area contributed by atoms with Crippen LogP contribution in [0, 0.1) is 5.92 Å². The Morgan fingerprint density at radius 2 is 2.28 bits per heavy atom. The van der Waals surface area contributed by atoms with Crippen LogP contribution in [-0.2, 0) is 17.9 Å². The van der Waals surface area contributed by atoms with Gasteiger partial charge in [0.15, 0.2) is 0 Å². The van der Waals surface area contributed by atoms with Gasteiger partial charge in [-0.05, 0) is 19.0 Å². The van der Waals surface area contributed by atoms with Crippen LogP contribution >= 0.6 is 0 Å². The quantitative estimate of drug-likeness (QED) is 0.768. The minimum absolute atomic E-state index is 0.340. The molecule has 0 fully saturated rings. The Hall–Kier alpha value is -1.36. The van der Waals surface area contributed by atoms with Gasteiger partial charge in [-0.3, -0.25) is 14.4 Å². The molecule has 0 radical (unpaired) electrons. The van der Waals surface area contributed by atoms with Crippen molar-refractivity contribution in [1.82, 2.24) is 14.7 Å². The summed E-state index contributed by atoms with van der Waals surface area (Å²) in [5, 5.41) is 13.2. The number of carboxylic acids is 1. The maximum atomic E-state index is 10.9. The Bertz CT molecular complexity index is 376. The standard InChI is InChI=1S/C13H23N3O2/c1-4-8-16-12(6-7-14-16)10-15(5-2)9-11(3)13(17)18/h6-7,11H,4-5,8-10H2,1-3H3,(H,17,18). The highest BCUT2D eigenvalue weighted by Crippen LogP contribution is 2.08. The normalized spacial score (nSPS) is 12.9. The zero-order valence-electron chi connectivity index (χ0n) is 11.5. The number of rotatable bonds is 8. The molecule has 0 saturated carbocycles. The molecule has 1 heterocycles. The van der Waals surface area contributed by atoms with E-state index in [0.29, 0.717) is 6.54 Å². The molecule has 1 N–H and O–H groups in total. The maximum Gasteiger partial charge on any atom is 0.307 e. The first-order valence-corrected chi connectivity index (χ1v) is 6.54. The lowest BCUT2D eigenvalue weighted by atomic mass is 10.1. The number of carboxylic acid groups (broad SMARTS) is 1. The van der Waals surface area contributed by atoms with Crippen LogP contribution in [0.1, 0.15) is 32.9 Å².